The molecule has 4 nitrogen and oxygen atoms in total. The van der Waals surface area contributed by atoms with Crippen LogP contribution in [0.25, 0.3) is 0 Å². The standard InChI is InChI=1S/C14H16FNO3S2/c1-10-6-7-20-14(10)13(17)8-16-21(18,19)9-11-2-4-12(15)5-3-11/h2-7,13,16-17H,8-9H2,1H3. The molecule has 2 N–H and O–H groups in total. The van der Waals surface area contributed by atoms with Crippen molar-refractivity contribution in [3.8, 4) is 0 Å². The molecule has 0 radical (unpaired) electrons. The van der Waals surface area contributed by atoms with Crippen LogP contribution >= 0.6 is 11.3 Å². The first kappa shape index (κ1) is 16.1. The van der Waals surface area contributed by atoms with Gasteiger partial charge >= 0.3 is 0 Å². The van der Waals surface area contributed by atoms with Gasteiger partial charge in [0.1, 0.15) is 11.9 Å². The Morgan fingerprint density at radius 2 is 1.95 bits per heavy atom. The summed E-state index contributed by atoms with van der Waals surface area (Å²) in [6.07, 6.45) is -0.868. The molecule has 0 fully saturated rings. The van der Waals surface area contributed by atoms with Crippen LogP contribution in [0.3, 0.4) is 0 Å². The number of aryl methyl sites for hydroxylation is 1. The van der Waals surface area contributed by atoms with E-state index in [0.29, 0.717) is 5.56 Å². The molecule has 1 unspecified atom stereocenters. The fraction of sp³-hybridized carbons (Fsp3) is 0.286. The third kappa shape index (κ3) is 4.60. The molecule has 2 aromatic rings. The Balaban J connectivity index is 1.95. The second-order valence-corrected chi connectivity index (χ2v) is 7.47. The van der Waals surface area contributed by atoms with Crippen LogP contribution in [0.15, 0.2) is 35.7 Å². The maximum atomic E-state index is 12.8. The van der Waals surface area contributed by atoms with E-state index in [0.717, 1.165) is 10.4 Å². The van der Waals surface area contributed by atoms with E-state index in [1.54, 1.807) is 0 Å². The molecular formula is C14H16FNO3S2. The SMILES string of the molecule is Cc1ccsc1C(O)CNS(=O)(=O)Cc1ccc(F)cc1. The van der Waals surface area contributed by atoms with Gasteiger partial charge in [-0.1, -0.05) is 12.1 Å². The normalized spacial score (nSPS) is 13.3. The van der Waals surface area contributed by atoms with Crippen molar-refractivity contribution < 1.29 is 17.9 Å². The van der Waals surface area contributed by atoms with Crippen LogP contribution in [0, 0.1) is 12.7 Å². The van der Waals surface area contributed by atoms with Crippen molar-refractivity contribution in [3.05, 3.63) is 57.5 Å². The number of aliphatic hydroxyl groups is 1. The highest BCUT2D eigenvalue weighted by atomic mass is 32.2. The lowest BCUT2D eigenvalue weighted by molar-refractivity contribution is 0.185. The number of hydrogen-bond acceptors (Lipinski definition) is 4. The van der Waals surface area contributed by atoms with E-state index in [4.69, 9.17) is 0 Å². The smallest absolute Gasteiger partial charge is 0.215 e. The van der Waals surface area contributed by atoms with Gasteiger partial charge in [-0.15, -0.1) is 11.3 Å². The topological polar surface area (TPSA) is 66.4 Å². The largest absolute Gasteiger partial charge is 0.386 e. The Kier molecular flexibility index (Phi) is 5.10. The molecule has 1 heterocycles. The number of hydrogen-bond donors (Lipinski definition) is 2. The lowest BCUT2D eigenvalue weighted by Crippen LogP contribution is -2.29. The maximum Gasteiger partial charge on any atom is 0.215 e. The molecule has 1 aromatic carbocycles. The summed E-state index contributed by atoms with van der Waals surface area (Å²) in [6, 6.07) is 7.16. The van der Waals surface area contributed by atoms with E-state index in [1.165, 1.54) is 35.6 Å². The maximum absolute atomic E-state index is 12.8. The number of halogens is 1. The molecule has 1 aromatic heterocycles. The Labute approximate surface area is 127 Å². The highest BCUT2D eigenvalue weighted by Gasteiger charge is 2.17. The van der Waals surface area contributed by atoms with Crippen molar-refractivity contribution in [3.63, 3.8) is 0 Å². The number of sulfonamides is 1. The molecule has 1 atom stereocenters. The van der Waals surface area contributed by atoms with Crippen molar-refractivity contribution in [1.29, 1.82) is 0 Å². The third-order valence-electron chi connectivity index (χ3n) is 2.97. The van der Waals surface area contributed by atoms with Crippen LogP contribution in [0.5, 0.6) is 0 Å². The first-order chi connectivity index (χ1) is 9.87. The van der Waals surface area contributed by atoms with Gasteiger partial charge in [-0.25, -0.2) is 17.5 Å². The van der Waals surface area contributed by atoms with Crippen molar-refractivity contribution in [2.75, 3.05) is 6.54 Å². The predicted octanol–water partition coefficient (Wildman–Crippen LogP) is 2.35. The monoisotopic (exact) mass is 329 g/mol. The summed E-state index contributed by atoms with van der Waals surface area (Å²) < 4.78 is 39.0. The van der Waals surface area contributed by atoms with Gasteiger partial charge in [-0.2, -0.15) is 0 Å². The fourth-order valence-electron chi connectivity index (χ4n) is 1.88. The van der Waals surface area contributed by atoms with Gasteiger partial charge in [0, 0.05) is 11.4 Å². The van der Waals surface area contributed by atoms with E-state index >= 15 is 0 Å². The first-order valence-electron chi connectivity index (χ1n) is 6.31. The third-order valence-corrected chi connectivity index (χ3v) is 5.41. The summed E-state index contributed by atoms with van der Waals surface area (Å²) in [7, 11) is -3.57. The van der Waals surface area contributed by atoms with Crippen LogP contribution in [0.4, 0.5) is 4.39 Å². The van der Waals surface area contributed by atoms with Crippen LogP contribution in [0.1, 0.15) is 22.1 Å². The van der Waals surface area contributed by atoms with E-state index in [9.17, 15) is 17.9 Å². The minimum absolute atomic E-state index is 0.0785. The predicted molar refractivity (Wildman–Crippen MR) is 81.0 cm³/mol. The first-order valence-corrected chi connectivity index (χ1v) is 8.84. The number of rotatable bonds is 6. The zero-order valence-electron chi connectivity index (χ0n) is 11.4. The summed E-state index contributed by atoms with van der Waals surface area (Å²) in [6.45, 7) is 1.78. The Morgan fingerprint density at radius 1 is 1.29 bits per heavy atom. The van der Waals surface area contributed by atoms with Gasteiger partial charge in [-0.05, 0) is 41.6 Å². The van der Waals surface area contributed by atoms with Crippen molar-refractivity contribution in [2.45, 2.75) is 18.8 Å². The minimum Gasteiger partial charge on any atom is -0.386 e. The highest BCUT2D eigenvalue weighted by Crippen LogP contribution is 2.23. The molecule has 21 heavy (non-hydrogen) atoms. The molecule has 2 rings (SSSR count). The Bertz CT molecular complexity index is 695. The number of benzene rings is 1. The van der Waals surface area contributed by atoms with Gasteiger partial charge in [0.25, 0.3) is 0 Å². The fourth-order valence-corrected chi connectivity index (χ4v) is 3.93. The minimum atomic E-state index is -3.57. The summed E-state index contributed by atoms with van der Waals surface area (Å²) >= 11 is 1.39. The molecule has 114 valence electrons. The van der Waals surface area contributed by atoms with Crippen LogP contribution in [-0.4, -0.2) is 20.1 Å². The molecule has 0 aliphatic rings. The van der Waals surface area contributed by atoms with E-state index < -0.39 is 21.9 Å². The van der Waals surface area contributed by atoms with Gasteiger partial charge in [0.2, 0.25) is 10.0 Å². The summed E-state index contributed by atoms with van der Waals surface area (Å²) in [5.74, 6) is -0.656. The zero-order chi connectivity index (χ0) is 15.5. The molecule has 0 aliphatic heterocycles. The van der Waals surface area contributed by atoms with E-state index in [2.05, 4.69) is 4.72 Å². The number of thiophene rings is 1. The average molecular weight is 329 g/mol. The Morgan fingerprint density at radius 3 is 2.52 bits per heavy atom. The lowest BCUT2D eigenvalue weighted by Gasteiger charge is -2.12. The summed E-state index contributed by atoms with van der Waals surface area (Å²) in [4.78, 5) is 0.750. The highest BCUT2D eigenvalue weighted by molar-refractivity contribution is 7.88. The van der Waals surface area contributed by atoms with Crippen molar-refractivity contribution in [1.82, 2.24) is 4.72 Å². The van der Waals surface area contributed by atoms with Crippen LogP contribution in [0.2, 0.25) is 0 Å². The van der Waals surface area contributed by atoms with Crippen LogP contribution in [-0.2, 0) is 15.8 Å². The van der Waals surface area contributed by atoms with Gasteiger partial charge in [0.15, 0.2) is 0 Å². The van der Waals surface area contributed by atoms with E-state index in [-0.39, 0.29) is 12.3 Å². The number of nitrogens with one attached hydrogen (secondary N) is 1. The Hall–Kier alpha value is -1.28. The van der Waals surface area contributed by atoms with Crippen molar-refractivity contribution in [2.24, 2.45) is 0 Å². The quantitative estimate of drug-likeness (QED) is 0.855. The molecular weight excluding hydrogens is 313 g/mol. The van der Waals surface area contributed by atoms with Crippen LogP contribution < -0.4 is 4.72 Å². The summed E-state index contributed by atoms with van der Waals surface area (Å²) in [5.41, 5.74) is 1.43. The average Bonchev–Trinajstić information content (AvgIpc) is 2.85. The molecule has 7 heteroatoms. The summed E-state index contributed by atoms with van der Waals surface area (Å²) in [5, 5.41) is 11.8. The van der Waals surface area contributed by atoms with Crippen molar-refractivity contribution >= 4 is 21.4 Å². The molecule has 0 spiro atoms. The zero-order valence-corrected chi connectivity index (χ0v) is 13.0. The molecule has 0 aliphatic carbocycles. The number of aliphatic hydroxyl groups excluding tert-OH is 1. The van der Waals surface area contributed by atoms with Gasteiger partial charge in [-0.3, -0.25) is 0 Å². The second kappa shape index (κ2) is 6.65. The molecule has 0 bridgehead atoms. The molecule has 0 amide bonds. The van der Waals surface area contributed by atoms with Gasteiger partial charge < -0.3 is 5.11 Å². The lowest BCUT2D eigenvalue weighted by atomic mass is 10.2. The molecule has 0 saturated heterocycles. The molecule has 0 saturated carbocycles. The van der Waals surface area contributed by atoms with E-state index in [1.807, 2.05) is 18.4 Å². The van der Waals surface area contributed by atoms with Gasteiger partial charge in [0.05, 0.1) is 5.75 Å². The second-order valence-electron chi connectivity index (χ2n) is 4.72.